The Labute approximate surface area is 116 Å². The Balaban J connectivity index is 2.36. The van der Waals surface area contributed by atoms with Gasteiger partial charge in [0.05, 0.1) is 12.1 Å². The van der Waals surface area contributed by atoms with E-state index < -0.39 is 6.10 Å². The van der Waals surface area contributed by atoms with Crippen LogP contribution in [0.1, 0.15) is 27.0 Å². The SMILES string of the molecule is COc1cc(C(O)c2cc(C)c(C)s2)ccc1Cl. The first-order valence-corrected chi connectivity index (χ1v) is 6.80. The summed E-state index contributed by atoms with van der Waals surface area (Å²) in [7, 11) is 1.57. The maximum Gasteiger partial charge on any atom is 0.137 e. The molecule has 1 N–H and O–H groups in total. The highest BCUT2D eigenvalue weighted by molar-refractivity contribution is 7.12. The highest BCUT2D eigenvalue weighted by Gasteiger charge is 2.15. The van der Waals surface area contributed by atoms with Crippen molar-refractivity contribution in [1.82, 2.24) is 0 Å². The molecule has 4 heteroatoms. The van der Waals surface area contributed by atoms with E-state index in [2.05, 4.69) is 6.92 Å². The Hall–Kier alpha value is -1.03. The van der Waals surface area contributed by atoms with E-state index in [0.717, 1.165) is 10.4 Å². The Morgan fingerprint density at radius 2 is 2.00 bits per heavy atom. The van der Waals surface area contributed by atoms with E-state index in [0.29, 0.717) is 10.8 Å². The zero-order valence-corrected chi connectivity index (χ0v) is 12.1. The molecule has 0 bridgehead atoms. The van der Waals surface area contributed by atoms with Crippen molar-refractivity contribution in [2.75, 3.05) is 7.11 Å². The molecule has 1 aromatic heterocycles. The van der Waals surface area contributed by atoms with Gasteiger partial charge < -0.3 is 9.84 Å². The van der Waals surface area contributed by atoms with Crippen LogP contribution >= 0.6 is 22.9 Å². The maximum absolute atomic E-state index is 10.4. The number of hydrogen-bond donors (Lipinski definition) is 1. The fraction of sp³-hybridized carbons (Fsp3) is 0.286. The van der Waals surface area contributed by atoms with Crippen LogP contribution < -0.4 is 4.74 Å². The first-order chi connectivity index (χ1) is 8.52. The van der Waals surface area contributed by atoms with E-state index in [1.807, 2.05) is 19.1 Å². The molecular weight excluding hydrogens is 268 g/mol. The average Bonchev–Trinajstić information content (AvgIpc) is 2.69. The minimum Gasteiger partial charge on any atom is -0.495 e. The second-order valence-corrected chi connectivity index (χ2v) is 5.88. The van der Waals surface area contributed by atoms with E-state index in [9.17, 15) is 5.11 Å². The van der Waals surface area contributed by atoms with Gasteiger partial charge in [-0.15, -0.1) is 11.3 Å². The van der Waals surface area contributed by atoms with Crippen molar-refractivity contribution in [3.8, 4) is 5.75 Å². The lowest BCUT2D eigenvalue weighted by atomic mass is 10.1. The second kappa shape index (κ2) is 5.31. The third-order valence-corrected chi connectivity index (χ3v) is 4.46. The van der Waals surface area contributed by atoms with Crippen LogP contribution in [-0.2, 0) is 0 Å². The van der Waals surface area contributed by atoms with E-state index >= 15 is 0 Å². The van der Waals surface area contributed by atoms with Crippen molar-refractivity contribution < 1.29 is 9.84 Å². The molecule has 2 aromatic rings. The van der Waals surface area contributed by atoms with Gasteiger partial charge in [0.1, 0.15) is 11.9 Å². The Morgan fingerprint density at radius 3 is 2.56 bits per heavy atom. The van der Waals surface area contributed by atoms with Crippen molar-refractivity contribution in [2.45, 2.75) is 20.0 Å². The molecule has 2 rings (SSSR count). The molecule has 0 aliphatic heterocycles. The topological polar surface area (TPSA) is 29.5 Å². The number of methoxy groups -OCH3 is 1. The summed E-state index contributed by atoms with van der Waals surface area (Å²) in [6.45, 7) is 4.10. The van der Waals surface area contributed by atoms with Crippen molar-refractivity contribution in [2.24, 2.45) is 0 Å². The van der Waals surface area contributed by atoms with Crippen LogP contribution in [0, 0.1) is 13.8 Å². The predicted molar refractivity (Wildman–Crippen MR) is 75.9 cm³/mol. The molecule has 1 atom stereocenters. The number of aryl methyl sites for hydroxylation is 2. The van der Waals surface area contributed by atoms with Gasteiger partial charge in [-0.3, -0.25) is 0 Å². The summed E-state index contributed by atoms with van der Waals surface area (Å²) in [4.78, 5) is 2.17. The van der Waals surface area contributed by atoms with Gasteiger partial charge in [-0.2, -0.15) is 0 Å². The number of thiophene rings is 1. The summed E-state index contributed by atoms with van der Waals surface area (Å²) in [5, 5.41) is 10.9. The molecular formula is C14H15ClO2S. The molecule has 0 radical (unpaired) electrons. The van der Waals surface area contributed by atoms with E-state index in [4.69, 9.17) is 16.3 Å². The summed E-state index contributed by atoms with van der Waals surface area (Å²) in [6.07, 6.45) is -0.631. The Kier molecular flexibility index (Phi) is 3.95. The molecule has 0 amide bonds. The summed E-state index contributed by atoms with van der Waals surface area (Å²) in [6, 6.07) is 7.36. The van der Waals surface area contributed by atoms with Crippen LogP contribution in [0.4, 0.5) is 0 Å². The van der Waals surface area contributed by atoms with Gasteiger partial charge in [0, 0.05) is 9.75 Å². The lowest BCUT2D eigenvalue weighted by Crippen LogP contribution is -1.98. The van der Waals surface area contributed by atoms with Crippen molar-refractivity contribution >= 4 is 22.9 Å². The molecule has 18 heavy (non-hydrogen) atoms. The van der Waals surface area contributed by atoms with Gasteiger partial charge in [-0.1, -0.05) is 17.7 Å². The van der Waals surface area contributed by atoms with Gasteiger partial charge >= 0.3 is 0 Å². The Morgan fingerprint density at radius 1 is 1.28 bits per heavy atom. The molecule has 96 valence electrons. The summed E-state index contributed by atoms with van der Waals surface area (Å²) in [5.74, 6) is 0.582. The van der Waals surface area contributed by atoms with E-state index in [1.165, 1.54) is 10.4 Å². The molecule has 0 spiro atoms. The zero-order chi connectivity index (χ0) is 13.3. The van der Waals surface area contributed by atoms with Gasteiger partial charge in [0.25, 0.3) is 0 Å². The highest BCUT2D eigenvalue weighted by atomic mass is 35.5. The van der Waals surface area contributed by atoms with Gasteiger partial charge in [0.15, 0.2) is 0 Å². The van der Waals surface area contributed by atoms with Crippen LogP contribution in [-0.4, -0.2) is 12.2 Å². The van der Waals surface area contributed by atoms with Gasteiger partial charge in [0.2, 0.25) is 0 Å². The van der Waals surface area contributed by atoms with Crippen molar-refractivity contribution in [3.63, 3.8) is 0 Å². The van der Waals surface area contributed by atoms with Gasteiger partial charge in [-0.05, 0) is 43.2 Å². The van der Waals surface area contributed by atoms with Crippen LogP contribution in [0.15, 0.2) is 24.3 Å². The molecule has 0 saturated carbocycles. The number of hydrogen-bond acceptors (Lipinski definition) is 3. The lowest BCUT2D eigenvalue weighted by Gasteiger charge is -2.11. The number of benzene rings is 1. The third-order valence-electron chi connectivity index (χ3n) is 2.95. The molecule has 1 heterocycles. The van der Waals surface area contributed by atoms with Crippen LogP contribution in [0.5, 0.6) is 5.75 Å². The number of aliphatic hydroxyl groups excluding tert-OH is 1. The number of halogens is 1. The minimum absolute atomic E-state index is 0.548. The first kappa shape index (κ1) is 13.4. The third kappa shape index (κ3) is 2.53. The fourth-order valence-corrected chi connectivity index (χ4v) is 3.00. The Bertz CT molecular complexity index is 543. The van der Waals surface area contributed by atoms with Crippen LogP contribution in [0.25, 0.3) is 0 Å². The molecule has 1 aromatic carbocycles. The molecule has 2 nitrogen and oxygen atoms in total. The van der Waals surface area contributed by atoms with Crippen molar-refractivity contribution in [3.05, 3.63) is 50.2 Å². The summed E-state index contributed by atoms with van der Waals surface area (Å²) < 4.78 is 5.16. The predicted octanol–water partition coefficient (Wildman–Crippen LogP) is 4.11. The quantitative estimate of drug-likeness (QED) is 0.918. The van der Waals surface area contributed by atoms with E-state index in [1.54, 1.807) is 30.6 Å². The maximum atomic E-state index is 10.4. The average molecular weight is 283 g/mol. The largest absolute Gasteiger partial charge is 0.495 e. The molecule has 0 fully saturated rings. The number of rotatable bonds is 3. The molecule has 0 aliphatic rings. The monoisotopic (exact) mass is 282 g/mol. The minimum atomic E-state index is -0.631. The first-order valence-electron chi connectivity index (χ1n) is 5.61. The lowest BCUT2D eigenvalue weighted by molar-refractivity contribution is 0.223. The fourth-order valence-electron chi connectivity index (χ4n) is 1.75. The van der Waals surface area contributed by atoms with E-state index in [-0.39, 0.29) is 0 Å². The standard InChI is InChI=1S/C14H15ClO2S/c1-8-6-13(18-9(8)2)14(16)10-4-5-11(15)12(7-10)17-3/h4-7,14,16H,1-3H3. The van der Waals surface area contributed by atoms with Crippen LogP contribution in [0.3, 0.4) is 0 Å². The number of ether oxygens (including phenoxy) is 1. The molecule has 1 unspecified atom stereocenters. The number of aliphatic hydroxyl groups is 1. The highest BCUT2D eigenvalue weighted by Crippen LogP contribution is 2.34. The molecule has 0 aliphatic carbocycles. The summed E-state index contributed by atoms with van der Waals surface area (Å²) >= 11 is 7.58. The van der Waals surface area contributed by atoms with Crippen molar-refractivity contribution in [1.29, 1.82) is 0 Å². The normalized spacial score (nSPS) is 12.5. The molecule has 0 saturated heterocycles. The smallest absolute Gasteiger partial charge is 0.137 e. The van der Waals surface area contributed by atoms with Gasteiger partial charge in [-0.25, -0.2) is 0 Å². The second-order valence-electron chi connectivity index (χ2n) is 4.18. The van der Waals surface area contributed by atoms with Crippen LogP contribution in [0.2, 0.25) is 5.02 Å². The summed E-state index contributed by atoms with van der Waals surface area (Å²) in [5.41, 5.74) is 1.99. The zero-order valence-electron chi connectivity index (χ0n) is 10.5.